The molecule has 6 heteroatoms. The van der Waals surface area contributed by atoms with E-state index in [1.165, 1.54) is 0 Å². The van der Waals surface area contributed by atoms with Crippen LogP contribution in [0.4, 0.5) is 5.82 Å². The molecule has 4 aromatic rings. The first kappa shape index (κ1) is 13.3. The molecular formula is C17H13N5O. The molecule has 0 bridgehead atoms. The third-order valence-electron chi connectivity index (χ3n) is 3.62. The fraction of sp³-hybridized carbons (Fsp3) is 0. The highest BCUT2D eigenvalue weighted by atomic mass is 16.3. The fourth-order valence-electron chi connectivity index (χ4n) is 2.47. The molecule has 3 N–H and O–H groups in total. The second kappa shape index (κ2) is 5.10. The lowest BCUT2D eigenvalue weighted by Crippen LogP contribution is -1.94. The zero-order valence-electron chi connectivity index (χ0n) is 12.1. The number of pyridine rings is 1. The Bertz CT molecular complexity index is 991. The van der Waals surface area contributed by atoms with Crippen molar-refractivity contribution in [2.45, 2.75) is 0 Å². The molecule has 0 spiro atoms. The maximum absolute atomic E-state index is 9.68. The van der Waals surface area contributed by atoms with Crippen molar-refractivity contribution in [3.05, 3.63) is 61.2 Å². The highest BCUT2D eigenvalue weighted by Gasteiger charge is 2.09. The van der Waals surface area contributed by atoms with Crippen LogP contribution in [0, 0.1) is 0 Å². The summed E-state index contributed by atoms with van der Waals surface area (Å²) in [6, 6.07) is 10.7. The Labute approximate surface area is 131 Å². The molecule has 1 aromatic carbocycles. The summed E-state index contributed by atoms with van der Waals surface area (Å²) >= 11 is 0. The molecule has 0 unspecified atom stereocenters. The molecule has 0 aliphatic carbocycles. The van der Waals surface area contributed by atoms with E-state index < -0.39 is 0 Å². The second-order valence-electron chi connectivity index (χ2n) is 5.17. The van der Waals surface area contributed by atoms with Gasteiger partial charge in [0.1, 0.15) is 11.6 Å². The summed E-state index contributed by atoms with van der Waals surface area (Å²) in [4.78, 5) is 12.9. The summed E-state index contributed by atoms with van der Waals surface area (Å²) in [5.74, 6) is 0.687. The van der Waals surface area contributed by atoms with Gasteiger partial charge in [0.05, 0.1) is 23.8 Å². The minimum atomic E-state index is 0.217. The van der Waals surface area contributed by atoms with Crippen molar-refractivity contribution < 1.29 is 5.11 Å². The van der Waals surface area contributed by atoms with Crippen molar-refractivity contribution in [2.75, 3.05) is 5.73 Å². The lowest BCUT2D eigenvalue weighted by Gasteiger charge is -2.05. The Morgan fingerprint density at radius 2 is 1.83 bits per heavy atom. The van der Waals surface area contributed by atoms with E-state index in [-0.39, 0.29) is 5.75 Å². The summed E-state index contributed by atoms with van der Waals surface area (Å²) in [5, 5.41) is 9.68. The molecule has 3 heterocycles. The molecule has 0 saturated heterocycles. The second-order valence-corrected chi connectivity index (χ2v) is 5.17. The molecule has 3 aromatic heterocycles. The van der Waals surface area contributed by atoms with Gasteiger partial charge in [-0.3, -0.25) is 9.38 Å². The number of hydrogen-bond donors (Lipinski definition) is 2. The first-order chi connectivity index (χ1) is 11.2. The van der Waals surface area contributed by atoms with Crippen LogP contribution in [0.2, 0.25) is 0 Å². The summed E-state index contributed by atoms with van der Waals surface area (Å²) < 4.78 is 1.94. The molecule has 23 heavy (non-hydrogen) atoms. The maximum Gasteiger partial charge on any atom is 0.155 e. The average molecular weight is 303 g/mol. The highest BCUT2D eigenvalue weighted by Crippen LogP contribution is 2.25. The van der Waals surface area contributed by atoms with Crippen LogP contribution >= 0.6 is 0 Å². The topological polar surface area (TPSA) is 89.3 Å². The number of hydrogen-bond acceptors (Lipinski definition) is 5. The number of imidazole rings is 1. The number of aromatic nitrogens is 4. The van der Waals surface area contributed by atoms with Crippen LogP contribution in [0.3, 0.4) is 0 Å². The van der Waals surface area contributed by atoms with Crippen LogP contribution in [-0.2, 0) is 0 Å². The number of anilines is 1. The number of nitrogens with two attached hydrogens (primary N) is 1. The zero-order valence-corrected chi connectivity index (χ0v) is 12.1. The molecule has 0 saturated carbocycles. The molecular weight excluding hydrogens is 290 g/mol. The summed E-state index contributed by atoms with van der Waals surface area (Å²) in [5.41, 5.74) is 9.75. The molecule has 112 valence electrons. The first-order valence-corrected chi connectivity index (χ1v) is 7.05. The van der Waals surface area contributed by atoms with E-state index in [0.717, 1.165) is 28.2 Å². The third kappa shape index (κ3) is 2.36. The van der Waals surface area contributed by atoms with E-state index in [1.54, 1.807) is 42.9 Å². The van der Waals surface area contributed by atoms with Crippen molar-refractivity contribution in [3.63, 3.8) is 0 Å². The molecule has 0 radical (unpaired) electrons. The van der Waals surface area contributed by atoms with Gasteiger partial charge in [0.25, 0.3) is 0 Å². The summed E-state index contributed by atoms with van der Waals surface area (Å²) in [6.07, 6.45) is 7.05. The first-order valence-electron chi connectivity index (χ1n) is 7.05. The zero-order chi connectivity index (χ0) is 15.8. The van der Waals surface area contributed by atoms with Gasteiger partial charge in [-0.05, 0) is 24.3 Å². The lowest BCUT2D eigenvalue weighted by atomic mass is 10.1. The van der Waals surface area contributed by atoms with Crippen LogP contribution in [0.15, 0.2) is 61.2 Å². The smallest absolute Gasteiger partial charge is 0.155 e. The number of nitrogen functional groups attached to an aromatic ring is 1. The Kier molecular flexibility index (Phi) is 2.94. The molecule has 0 fully saturated rings. The highest BCUT2D eigenvalue weighted by molar-refractivity contribution is 5.67. The Morgan fingerprint density at radius 3 is 2.61 bits per heavy atom. The quantitative estimate of drug-likeness (QED) is 0.594. The Morgan fingerprint density at radius 1 is 0.913 bits per heavy atom. The van der Waals surface area contributed by atoms with Crippen LogP contribution in [0.25, 0.3) is 28.2 Å². The van der Waals surface area contributed by atoms with Crippen LogP contribution in [-0.4, -0.2) is 24.5 Å². The Hall–Kier alpha value is -3.41. The SMILES string of the molecule is Nc1ccc(-c2cn3c(-c4cccc(O)c4)cnc3cn2)cn1. The number of nitrogens with zero attached hydrogens (tertiary/aromatic N) is 4. The molecule has 4 rings (SSSR count). The van der Waals surface area contributed by atoms with Crippen molar-refractivity contribution in [1.29, 1.82) is 0 Å². The van der Waals surface area contributed by atoms with Gasteiger partial charge in [-0.25, -0.2) is 9.97 Å². The predicted octanol–water partition coefficient (Wildman–Crippen LogP) is 2.75. The van der Waals surface area contributed by atoms with E-state index in [0.29, 0.717) is 5.82 Å². The average Bonchev–Trinajstić information content (AvgIpc) is 2.98. The fourth-order valence-corrected chi connectivity index (χ4v) is 2.47. The van der Waals surface area contributed by atoms with E-state index in [9.17, 15) is 5.11 Å². The number of rotatable bonds is 2. The van der Waals surface area contributed by atoms with Gasteiger partial charge < -0.3 is 10.8 Å². The number of aromatic hydroxyl groups is 1. The number of benzene rings is 1. The maximum atomic E-state index is 9.68. The van der Waals surface area contributed by atoms with Crippen LogP contribution in [0.5, 0.6) is 5.75 Å². The minimum absolute atomic E-state index is 0.217. The van der Waals surface area contributed by atoms with E-state index in [1.807, 2.05) is 22.7 Å². The molecule has 0 amide bonds. The minimum Gasteiger partial charge on any atom is -0.508 e. The largest absolute Gasteiger partial charge is 0.508 e. The van der Waals surface area contributed by atoms with Crippen molar-refractivity contribution >= 4 is 11.5 Å². The van der Waals surface area contributed by atoms with Crippen LogP contribution < -0.4 is 5.73 Å². The van der Waals surface area contributed by atoms with Gasteiger partial charge in [-0.15, -0.1) is 0 Å². The van der Waals surface area contributed by atoms with Gasteiger partial charge >= 0.3 is 0 Å². The van der Waals surface area contributed by atoms with Crippen molar-refractivity contribution in [3.8, 4) is 28.3 Å². The van der Waals surface area contributed by atoms with Gasteiger partial charge in [-0.2, -0.15) is 0 Å². The van der Waals surface area contributed by atoms with Crippen LogP contribution in [0.1, 0.15) is 0 Å². The number of phenolic OH excluding ortho intramolecular Hbond substituents is 1. The standard InChI is InChI=1S/C17H13N5O/c18-16-5-4-12(7-20-16)14-10-22-15(8-21-17(22)9-19-14)11-2-1-3-13(23)6-11/h1-10,23H,(H2,18,20). The van der Waals surface area contributed by atoms with Gasteiger partial charge in [0.2, 0.25) is 0 Å². The van der Waals surface area contributed by atoms with Crippen molar-refractivity contribution in [1.82, 2.24) is 19.4 Å². The van der Waals surface area contributed by atoms with E-state index in [4.69, 9.17) is 5.73 Å². The summed E-state index contributed by atoms with van der Waals surface area (Å²) in [6.45, 7) is 0. The summed E-state index contributed by atoms with van der Waals surface area (Å²) in [7, 11) is 0. The number of phenols is 1. The number of fused-ring (bicyclic) bond motifs is 1. The van der Waals surface area contributed by atoms with Gasteiger partial charge in [-0.1, -0.05) is 12.1 Å². The van der Waals surface area contributed by atoms with Crippen molar-refractivity contribution in [2.24, 2.45) is 0 Å². The normalized spacial score (nSPS) is 11.0. The Balaban J connectivity index is 1.88. The molecule has 6 nitrogen and oxygen atoms in total. The molecule has 0 aliphatic heterocycles. The van der Waals surface area contributed by atoms with Gasteiger partial charge in [0.15, 0.2) is 5.65 Å². The lowest BCUT2D eigenvalue weighted by molar-refractivity contribution is 0.475. The molecule has 0 atom stereocenters. The van der Waals surface area contributed by atoms with E-state index in [2.05, 4.69) is 15.0 Å². The predicted molar refractivity (Wildman–Crippen MR) is 87.7 cm³/mol. The van der Waals surface area contributed by atoms with Gasteiger partial charge in [0, 0.05) is 23.5 Å². The van der Waals surface area contributed by atoms with E-state index >= 15 is 0 Å². The molecule has 0 aliphatic rings. The monoisotopic (exact) mass is 303 g/mol. The third-order valence-corrected chi connectivity index (χ3v) is 3.62.